The van der Waals surface area contributed by atoms with Gasteiger partial charge in [-0.1, -0.05) is 30.3 Å². The first-order chi connectivity index (χ1) is 19.9. The summed E-state index contributed by atoms with van der Waals surface area (Å²) in [7, 11) is 0. The number of carbonyl (C=O) groups is 2. The summed E-state index contributed by atoms with van der Waals surface area (Å²) in [6.45, 7) is 1.89. The number of hydrogen-bond donors (Lipinski definition) is 3. The molecule has 208 valence electrons. The molecule has 0 spiro atoms. The lowest BCUT2D eigenvalue weighted by atomic mass is 9.92. The van der Waals surface area contributed by atoms with Gasteiger partial charge in [-0.3, -0.25) is 14.6 Å². The van der Waals surface area contributed by atoms with Crippen molar-refractivity contribution >= 4 is 39.4 Å². The van der Waals surface area contributed by atoms with E-state index in [9.17, 15) is 9.59 Å². The fraction of sp³-hybridized carbons (Fsp3) is 0.250. The van der Waals surface area contributed by atoms with Crippen LogP contribution in [0.2, 0.25) is 0 Å². The van der Waals surface area contributed by atoms with E-state index < -0.39 is 5.91 Å². The third-order valence-corrected chi connectivity index (χ3v) is 7.80. The van der Waals surface area contributed by atoms with Crippen LogP contribution in [0.5, 0.6) is 0 Å². The summed E-state index contributed by atoms with van der Waals surface area (Å²) in [4.78, 5) is 28.5. The molecule has 1 fully saturated rings. The number of nitrogens with zero attached hydrogens (tertiary/aromatic N) is 3. The number of ether oxygens (including phenoxy) is 1. The molecule has 1 aliphatic carbocycles. The second-order valence-electron chi connectivity index (χ2n) is 10.5. The quantitative estimate of drug-likeness (QED) is 0.247. The van der Waals surface area contributed by atoms with Crippen LogP contribution >= 0.6 is 0 Å². The molecule has 41 heavy (non-hydrogen) atoms. The van der Waals surface area contributed by atoms with Crippen molar-refractivity contribution in [2.45, 2.75) is 44.8 Å². The fourth-order valence-electron chi connectivity index (χ4n) is 5.78. The number of nitrogens with one attached hydrogen (secondary N) is 1. The van der Waals surface area contributed by atoms with Crippen LogP contribution in [-0.4, -0.2) is 45.3 Å². The molecule has 0 saturated heterocycles. The van der Waals surface area contributed by atoms with Crippen molar-refractivity contribution in [2.75, 3.05) is 11.9 Å². The van der Waals surface area contributed by atoms with Crippen molar-refractivity contribution in [1.29, 1.82) is 0 Å². The highest BCUT2D eigenvalue weighted by Crippen LogP contribution is 2.34. The molecule has 2 aromatic heterocycles. The standard InChI is InChI=1S/C32H32N6O3/c1-19-31-25(21-15-20-5-2-3-7-27(20)35-18-21)6-4-8-29(31)38(37-19)23-11-14-26(32(34)40)28(16-23)36-22-9-12-24(13-10-22)41-30(39)17-33/h2-8,11,14-16,18,22,24,36H,9-10,12-13,17,33H2,1H3,(H2,34,40). The summed E-state index contributed by atoms with van der Waals surface area (Å²) in [6.07, 6.45) is 4.81. The van der Waals surface area contributed by atoms with E-state index in [2.05, 4.69) is 28.5 Å². The molecule has 0 unspecified atom stereocenters. The molecule has 1 amide bonds. The number of anilines is 1. The predicted molar refractivity (Wildman–Crippen MR) is 160 cm³/mol. The molecule has 0 bridgehead atoms. The molecule has 0 aliphatic heterocycles. The van der Waals surface area contributed by atoms with Crippen LogP contribution < -0.4 is 16.8 Å². The number of esters is 1. The van der Waals surface area contributed by atoms with Gasteiger partial charge in [0, 0.05) is 34.3 Å². The number of hydrogen-bond acceptors (Lipinski definition) is 7. The van der Waals surface area contributed by atoms with Gasteiger partial charge in [0.05, 0.1) is 34.5 Å². The average molecular weight is 549 g/mol. The van der Waals surface area contributed by atoms with Crippen LogP contribution in [-0.2, 0) is 9.53 Å². The third kappa shape index (κ3) is 5.24. The number of carbonyl (C=O) groups excluding carboxylic acids is 2. The van der Waals surface area contributed by atoms with Crippen molar-refractivity contribution in [3.05, 3.63) is 84.2 Å². The van der Waals surface area contributed by atoms with Crippen LogP contribution in [0, 0.1) is 6.92 Å². The van der Waals surface area contributed by atoms with Crippen molar-refractivity contribution < 1.29 is 14.3 Å². The first-order valence-corrected chi connectivity index (χ1v) is 13.8. The molecule has 6 rings (SSSR count). The molecule has 0 atom stereocenters. The number of aryl methyl sites for hydroxylation is 1. The van der Waals surface area contributed by atoms with Crippen molar-refractivity contribution in [3.8, 4) is 16.8 Å². The van der Waals surface area contributed by atoms with Crippen LogP contribution in [0.1, 0.15) is 41.7 Å². The number of pyridine rings is 1. The molecule has 3 aromatic carbocycles. The van der Waals surface area contributed by atoms with Gasteiger partial charge in [-0.2, -0.15) is 5.10 Å². The number of nitrogens with two attached hydrogens (primary N) is 2. The monoisotopic (exact) mass is 548 g/mol. The van der Waals surface area contributed by atoms with Gasteiger partial charge in [0.1, 0.15) is 6.10 Å². The normalized spacial score (nSPS) is 17.0. The maximum atomic E-state index is 12.3. The summed E-state index contributed by atoms with van der Waals surface area (Å²) in [6, 6.07) is 22.0. The number of benzene rings is 3. The summed E-state index contributed by atoms with van der Waals surface area (Å²) in [5.74, 6) is -0.885. The average Bonchev–Trinajstić information content (AvgIpc) is 3.34. The molecular weight excluding hydrogens is 516 g/mol. The second-order valence-corrected chi connectivity index (χ2v) is 10.5. The van der Waals surface area contributed by atoms with Gasteiger partial charge in [-0.25, -0.2) is 4.68 Å². The summed E-state index contributed by atoms with van der Waals surface area (Å²) >= 11 is 0. The Balaban J connectivity index is 1.33. The van der Waals surface area contributed by atoms with Gasteiger partial charge in [-0.15, -0.1) is 0 Å². The van der Waals surface area contributed by atoms with Crippen LogP contribution in [0.15, 0.2) is 72.9 Å². The van der Waals surface area contributed by atoms with Crippen molar-refractivity contribution in [3.63, 3.8) is 0 Å². The number of fused-ring (bicyclic) bond motifs is 2. The molecule has 5 aromatic rings. The number of para-hydroxylation sites is 1. The zero-order valence-corrected chi connectivity index (χ0v) is 22.8. The van der Waals surface area contributed by atoms with E-state index in [4.69, 9.17) is 21.3 Å². The smallest absolute Gasteiger partial charge is 0.319 e. The fourth-order valence-corrected chi connectivity index (χ4v) is 5.78. The topological polar surface area (TPSA) is 138 Å². The third-order valence-electron chi connectivity index (χ3n) is 7.80. The Kier molecular flexibility index (Phi) is 7.11. The van der Waals surface area contributed by atoms with Crippen LogP contribution in [0.4, 0.5) is 5.69 Å². The Bertz CT molecular complexity index is 1770. The Morgan fingerprint density at radius 1 is 1.02 bits per heavy atom. The maximum absolute atomic E-state index is 12.3. The molecule has 2 heterocycles. The SMILES string of the molecule is Cc1nn(-c2ccc(C(N)=O)c(NC3CCC(OC(=O)CN)CC3)c2)c2cccc(-c3cnc4ccccc4c3)c12. The summed E-state index contributed by atoms with van der Waals surface area (Å²) < 4.78 is 7.31. The largest absolute Gasteiger partial charge is 0.461 e. The molecule has 1 saturated carbocycles. The molecule has 5 N–H and O–H groups in total. The Hall–Kier alpha value is -4.76. The molecular formula is C32H32N6O3. The van der Waals surface area contributed by atoms with E-state index in [-0.39, 0.29) is 24.7 Å². The Morgan fingerprint density at radius 3 is 2.61 bits per heavy atom. The molecule has 0 radical (unpaired) electrons. The summed E-state index contributed by atoms with van der Waals surface area (Å²) in [5, 5.41) is 10.6. The lowest BCUT2D eigenvalue weighted by molar-refractivity contribution is -0.148. The second kappa shape index (κ2) is 11.0. The zero-order valence-electron chi connectivity index (χ0n) is 22.8. The molecule has 9 heteroatoms. The van der Waals surface area contributed by atoms with E-state index >= 15 is 0 Å². The van der Waals surface area contributed by atoms with E-state index in [1.807, 2.05) is 60.3 Å². The van der Waals surface area contributed by atoms with Crippen LogP contribution in [0.3, 0.4) is 0 Å². The van der Waals surface area contributed by atoms with E-state index in [0.717, 1.165) is 70.0 Å². The lowest BCUT2D eigenvalue weighted by Crippen LogP contribution is -2.33. The van der Waals surface area contributed by atoms with E-state index in [1.165, 1.54) is 0 Å². The first kappa shape index (κ1) is 26.5. The minimum Gasteiger partial charge on any atom is -0.461 e. The van der Waals surface area contributed by atoms with Gasteiger partial charge >= 0.3 is 5.97 Å². The number of aromatic nitrogens is 3. The van der Waals surface area contributed by atoms with Gasteiger partial charge in [0.15, 0.2) is 0 Å². The predicted octanol–water partition coefficient (Wildman–Crippen LogP) is 4.87. The van der Waals surface area contributed by atoms with Gasteiger partial charge < -0.3 is 21.5 Å². The Morgan fingerprint density at radius 2 is 1.83 bits per heavy atom. The number of rotatable bonds is 7. The number of amides is 1. The van der Waals surface area contributed by atoms with Gasteiger partial charge in [0.25, 0.3) is 5.91 Å². The summed E-state index contributed by atoms with van der Waals surface area (Å²) in [5.41, 5.74) is 17.9. The lowest BCUT2D eigenvalue weighted by Gasteiger charge is -2.30. The van der Waals surface area contributed by atoms with Gasteiger partial charge in [-0.05, 0) is 74.6 Å². The molecule has 9 nitrogen and oxygen atoms in total. The minimum atomic E-state index is -0.503. The van der Waals surface area contributed by atoms with Crippen LogP contribution in [0.25, 0.3) is 38.6 Å². The minimum absolute atomic E-state index is 0.110. The van der Waals surface area contributed by atoms with Crippen molar-refractivity contribution in [1.82, 2.24) is 14.8 Å². The highest BCUT2D eigenvalue weighted by atomic mass is 16.5. The van der Waals surface area contributed by atoms with Crippen molar-refractivity contribution in [2.24, 2.45) is 11.5 Å². The molecule has 1 aliphatic rings. The zero-order chi connectivity index (χ0) is 28.5. The van der Waals surface area contributed by atoms with E-state index in [1.54, 1.807) is 6.07 Å². The van der Waals surface area contributed by atoms with Gasteiger partial charge in [0.2, 0.25) is 0 Å². The highest BCUT2D eigenvalue weighted by molar-refractivity contribution is 6.00. The number of primary amides is 1. The highest BCUT2D eigenvalue weighted by Gasteiger charge is 2.25. The van der Waals surface area contributed by atoms with E-state index in [0.29, 0.717) is 11.3 Å². The maximum Gasteiger partial charge on any atom is 0.319 e. The first-order valence-electron chi connectivity index (χ1n) is 13.8. The Labute approximate surface area is 237 Å².